The number of aromatic nitrogens is 1. The number of halogens is 1. The molecule has 0 radical (unpaired) electrons. The number of rotatable bonds is 5. The maximum Gasteiger partial charge on any atom is 0.257 e. The van der Waals surface area contributed by atoms with Gasteiger partial charge in [-0.15, -0.1) is 0 Å². The van der Waals surface area contributed by atoms with E-state index in [1.807, 2.05) is 13.8 Å². The van der Waals surface area contributed by atoms with Gasteiger partial charge in [-0.2, -0.15) is 0 Å². The summed E-state index contributed by atoms with van der Waals surface area (Å²) in [6.07, 6.45) is 1.38. The van der Waals surface area contributed by atoms with Gasteiger partial charge in [-0.05, 0) is 26.8 Å². The molecule has 0 aliphatic rings. The highest BCUT2D eigenvalue weighted by Gasteiger charge is 2.20. The molecule has 0 bridgehead atoms. The molecule has 3 N–H and O–H groups in total. The first-order valence-electron chi connectivity index (χ1n) is 6.34. The summed E-state index contributed by atoms with van der Waals surface area (Å²) in [5.41, 5.74) is 6.15. The second-order valence-electron chi connectivity index (χ2n) is 4.65. The summed E-state index contributed by atoms with van der Waals surface area (Å²) in [7, 11) is 0. The quantitative estimate of drug-likeness (QED) is 0.802. The lowest BCUT2D eigenvalue weighted by Gasteiger charge is -2.21. The molecular weight excluding hydrogens is 280 g/mol. The molecule has 0 fully saturated rings. The molecule has 0 aliphatic heterocycles. The minimum atomic E-state index is -0.365. The lowest BCUT2D eigenvalue weighted by molar-refractivity contribution is -0.122. The van der Waals surface area contributed by atoms with E-state index in [0.717, 1.165) is 0 Å². The van der Waals surface area contributed by atoms with Crippen LogP contribution in [-0.4, -0.2) is 40.8 Å². The molecule has 0 saturated heterocycles. The van der Waals surface area contributed by atoms with Crippen LogP contribution >= 0.6 is 11.6 Å². The van der Waals surface area contributed by atoms with Crippen LogP contribution in [0.4, 0.5) is 5.69 Å². The number of anilines is 1. The smallest absolute Gasteiger partial charge is 0.257 e. The molecule has 110 valence electrons. The highest BCUT2D eigenvalue weighted by atomic mass is 35.5. The number of carbonyl (C=O) groups excluding carboxylic acids is 2. The largest absolute Gasteiger partial charge is 0.397 e. The van der Waals surface area contributed by atoms with Crippen molar-refractivity contribution in [3.63, 3.8) is 0 Å². The number of nitrogen functional groups attached to an aromatic ring is 1. The topological polar surface area (TPSA) is 88.3 Å². The van der Waals surface area contributed by atoms with Crippen LogP contribution in [0.3, 0.4) is 0 Å². The molecule has 20 heavy (non-hydrogen) atoms. The van der Waals surface area contributed by atoms with Crippen LogP contribution in [0.2, 0.25) is 5.15 Å². The molecule has 7 heteroatoms. The molecule has 0 atom stereocenters. The Labute approximate surface area is 123 Å². The van der Waals surface area contributed by atoms with Gasteiger partial charge in [0.25, 0.3) is 5.91 Å². The van der Waals surface area contributed by atoms with Gasteiger partial charge in [-0.3, -0.25) is 9.59 Å². The van der Waals surface area contributed by atoms with Crippen molar-refractivity contribution in [1.29, 1.82) is 0 Å². The van der Waals surface area contributed by atoms with Crippen molar-refractivity contribution in [2.45, 2.75) is 26.8 Å². The Bertz CT molecular complexity index is 505. The van der Waals surface area contributed by atoms with Crippen LogP contribution in [0.1, 0.15) is 31.1 Å². The summed E-state index contributed by atoms with van der Waals surface area (Å²) in [6.45, 7) is 5.85. The van der Waals surface area contributed by atoms with Crippen LogP contribution in [0.15, 0.2) is 12.3 Å². The number of carbonyl (C=O) groups is 2. The Kier molecular flexibility index (Phi) is 5.76. The maximum absolute atomic E-state index is 12.3. The fourth-order valence-corrected chi connectivity index (χ4v) is 1.84. The molecule has 0 spiro atoms. The van der Waals surface area contributed by atoms with Gasteiger partial charge < -0.3 is 16.0 Å². The minimum absolute atomic E-state index is 0.0222. The van der Waals surface area contributed by atoms with Gasteiger partial charge in [0.15, 0.2) is 0 Å². The molecule has 2 amide bonds. The molecule has 0 unspecified atom stereocenters. The van der Waals surface area contributed by atoms with E-state index < -0.39 is 0 Å². The van der Waals surface area contributed by atoms with Crippen molar-refractivity contribution in [3.8, 4) is 0 Å². The first-order valence-corrected chi connectivity index (χ1v) is 6.72. The highest BCUT2D eigenvalue weighted by Crippen LogP contribution is 2.17. The Morgan fingerprint density at radius 2 is 2.15 bits per heavy atom. The fraction of sp³-hybridized carbons (Fsp3) is 0.462. The third-order valence-electron chi connectivity index (χ3n) is 2.54. The van der Waals surface area contributed by atoms with Gasteiger partial charge in [0.1, 0.15) is 5.15 Å². The zero-order valence-electron chi connectivity index (χ0n) is 11.8. The number of amides is 2. The Morgan fingerprint density at radius 3 is 2.70 bits per heavy atom. The van der Waals surface area contributed by atoms with E-state index in [9.17, 15) is 9.59 Å². The van der Waals surface area contributed by atoms with E-state index in [4.69, 9.17) is 17.3 Å². The first-order chi connectivity index (χ1) is 9.35. The zero-order valence-corrected chi connectivity index (χ0v) is 12.6. The maximum atomic E-state index is 12.3. The number of likely N-dealkylation sites (N-methyl/N-ethyl adjacent to an activating group) is 1. The summed E-state index contributed by atoms with van der Waals surface area (Å²) < 4.78 is 0. The zero-order chi connectivity index (χ0) is 15.3. The fourth-order valence-electron chi connectivity index (χ4n) is 1.65. The average molecular weight is 299 g/mol. The summed E-state index contributed by atoms with van der Waals surface area (Å²) >= 11 is 5.90. The van der Waals surface area contributed by atoms with Crippen molar-refractivity contribution < 1.29 is 9.59 Å². The van der Waals surface area contributed by atoms with Crippen LogP contribution in [-0.2, 0) is 4.79 Å². The van der Waals surface area contributed by atoms with Gasteiger partial charge in [0, 0.05) is 12.6 Å². The number of nitrogens with zero attached hydrogens (tertiary/aromatic N) is 2. The Morgan fingerprint density at radius 1 is 1.50 bits per heavy atom. The molecule has 1 aromatic rings. The Hall–Kier alpha value is -1.82. The van der Waals surface area contributed by atoms with E-state index in [1.165, 1.54) is 17.2 Å². The molecule has 0 aromatic carbocycles. The van der Waals surface area contributed by atoms with Crippen LogP contribution in [0.5, 0.6) is 0 Å². The minimum Gasteiger partial charge on any atom is -0.397 e. The van der Waals surface area contributed by atoms with Crippen molar-refractivity contribution in [2.24, 2.45) is 0 Å². The third-order valence-corrected chi connectivity index (χ3v) is 2.84. The molecule has 6 nitrogen and oxygen atoms in total. The molecule has 1 rings (SSSR count). The predicted molar refractivity (Wildman–Crippen MR) is 78.5 cm³/mol. The van der Waals surface area contributed by atoms with Gasteiger partial charge >= 0.3 is 0 Å². The van der Waals surface area contributed by atoms with E-state index >= 15 is 0 Å². The van der Waals surface area contributed by atoms with Crippen molar-refractivity contribution in [2.75, 3.05) is 18.8 Å². The van der Waals surface area contributed by atoms with Gasteiger partial charge in [-0.25, -0.2) is 4.98 Å². The molecule has 1 heterocycles. The second-order valence-corrected chi connectivity index (χ2v) is 5.01. The normalized spacial score (nSPS) is 10.4. The number of hydrogen-bond donors (Lipinski definition) is 2. The van der Waals surface area contributed by atoms with E-state index in [0.29, 0.717) is 12.2 Å². The summed E-state index contributed by atoms with van der Waals surface area (Å²) in [6, 6.07) is 1.48. The summed E-state index contributed by atoms with van der Waals surface area (Å²) in [4.78, 5) is 29.3. The second kappa shape index (κ2) is 7.09. The van der Waals surface area contributed by atoms with Crippen LogP contribution < -0.4 is 11.1 Å². The summed E-state index contributed by atoms with van der Waals surface area (Å²) in [5, 5.41) is 2.81. The van der Waals surface area contributed by atoms with Gasteiger partial charge in [0.05, 0.1) is 24.0 Å². The SMILES string of the molecule is CCN(CC(=O)NC(C)C)C(=O)c1cc(N)cnc1Cl. The first kappa shape index (κ1) is 16.2. The standard InChI is InChI=1S/C13H19ClN4O2/c1-4-18(7-11(19)17-8(2)3)13(20)10-5-9(15)6-16-12(10)14/h5-6,8H,4,7,15H2,1-3H3,(H,17,19). The molecule has 0 saturated carbocycles. The van der Waals surface area contributed by atoms with Crippen LogP contribution in [0.25, 0.3) is 0 Å². The number of hydrogen-bond acceptors (Lipinski definition) is 4. The molecule has 1 aromatic heterocycles. The lowest BCUT2D eigenvalue weighted by Crippen LogP contribution is -2.42. The monoisotopic (exact) mass is 298 g/mol. The van der Waals surface area contributed by atoms with Crippen LogP contribution in [0, 0.1) is 0 Å². The predicted octanol–water partition coefficient (Wildman–Crippen LogP) is 1.30. The number of nitrogens with one attached hydrogen (secondary N) is 1. The van der Waals surface area contributed by atoms with E-state index in [2.05, 4.69) is 10.3 Å². The number of nitrogens with two attached hydrogens (primary N) is 1. The van der Waals surface area contributed by atoms with Crippen molar-refractivity contribution >= 4 is 29.1 Å². The van der Waals surface area contributed by atoms with Crippen molar-refractivity contribution in [3.05, 3.63) is 23.0 Å². The summed E-state index contributed by atoms with van der Waals surface area (Å²) in [5.74, 6) is -0.584. The highest BCUT2D eigenvalue weighted by molar-refractivity contribution is 6.32. The van der Waals surface area contributed by atoms with E-state index in [1.54, 1.807) is 6.92 Å². The molecular formula is C13H19ClN4O2. The van der Waals surface area contributed by atoms with E-state index in [-0.39, 0.29) is 35.1 Å². The van der Waals surface area contributed by atoms with Gasteiger partial charge in [-0.1, -0.05) is 11.6 Å². The van der Waals surface area contributed by atoms with Gasteiger partial charge in [0.2, 0.25) is 5.91 Å². The third kappa shape index (κ3) is 4.38. The molecule has 0 aliphatic carbocycles. The lowest BCUT2D eigenvalue weighted by atomic mass is 10.2. The number of pyridine rings is 1. The van der Waals surface area contributed by atoms with Crippen molar-refractivity contribution in [1.82, 2.24) is 15.2 Å². The average Bonchev–Trinajstić information content (AvgIpc) is 2.37. The Balaban J connectivity index is 2.86.